The fourth-order valence-corrected chi connectivity index (χ4v) is 4.11. The van der Waals surface area contributed by atoms with E-state index in [1.807, 2.05) is 40.6 Å². The normalized spacial score (nSPS) is 25.9. The zero-order valence-corrected chi connectivity index (χ0v) is 14.6. The van der Waals surface area contributed by atoms with E-state index in [1.165, 1.54) is 0 Å². The minimum Gasteiger partial charge on any atom is -0.484 e. The summed E-state index contributed by atoms with van der Waals surface area (Å²) in [5.41, 5.74) is 0. The predicted octanol–water partition coefficient (Wildman–Crippen LogP) is 2.99. The van der Waals surface area contributed by atoms with Gasteiger partial charge >= 0.3 is 0 Å². The summed E-state index contributed by atoms with van der Waals surface area (Å²) in [5.74, 6) is 0.732. The number of carbonyl (C=O) groups is 1. The number of amides is 1. The average molecular weight is 356 g/mol. The summed E-state index contributed by atoms with van der Waals surface area (Å²) in [7, 11) is 0. The maximum atomic E-state index is 12.7. The SMILES string of the molecule is O=C(/C=C/c1cccs1)N1C[C@H](Oc2cccnc2)[C@H]2OCCC[C@H]21. The topological polar surface area (TPSA) is 51.7 Å². The highest BCUT2D eigenvalue weighted by atomic mass is 32.1. The summed E-state index contributed by atoms with van der Waals surface area (Å²) in [5, 5.41) is 2.00. The van der Waals surface area contributed by atoms with E-state index in [1.54, 1.807) is 29.8 Å². The van der Waals surface area contributed by atoms with Crippen LogP contribution < -0.4 is 4.74 Å². The Hall–Kier alpha value is -2.18. The first-order valence-electron chi connectivity index (χ1n) is 8.52. The van der Waals surface area contributed by atoms with Gasteiger partial charge in [-0.1, -0.05) is 6.07 Å². The van der Waals surface area contributed by atoms with Crippen LogP contribution in [0.3, 0.4) is 0 Å². The molecule has 2 aromatic rings. The van der Waals surface area contributed by atoms with Gasteiger partial charge in [-0.05, 0) is 42.5 Å². The second-order valence-corrected chi connectivity index (χ2v) is 7.21. The Morgan fingerprint density at radius 2 is 2.36 bits per heavy atom. The van der Waals surface area contributed by atoms with Crippen LogP contribution in [0.15, 0.2) is 48.1 Å². The van der Waals surface area contributed by atoms with E-state index < -0.39 is 0 Å². The molecule has 0 aliphatic carbocycles. The van der Waals surface area contributed by atoms with Crippen molar-refractivity contribution in [1.29, 1.82) is 0 Å². The van der Waals surface area contributed by atoms with Crippen LogP contribution in [0.25, 0.3) is 6.08 Å². The molecule has 3 atom stereocenters. The third-order valence-corrected chi connectivity index (χ3v) is 5.45. The van der Waals surface area contributed by atoms with Crippen LogP contribution in [0, 0.1) is 0 Å². The number of fused-ring (bicyclic) bond motifs is 1. The third kappa shape index (κ3) is 3.60. The standard InChI is InChI=1S/C19H20N2O3S/c22-18(8-7-15-5-3-11-25-15)21-13-17(19-16(21)6-2-10-23-19)24-14-4-1-9-20-12-14/h1,3-5,7-9,11-12,16-17,19H,2,6,10,13H2/b8-7+/t16-,17+,19+/m1/s1. The van der Waals surface area contributed by atoms with Gasteiger partial charge in [0.05, 0.1) is 18.8 Å². The number of hydrogen-bond donors (Lipinski definition) is 0. The molecule has 0 spiro atoms. The molecule has 5 nitrogen and oxygen atoms in total. The first-order valence-corrected chi connectivity index (χ1v) is 9.40. The van der Waals surface area contributed by atoms with E-state index in [0.717, 1.165) is 24.3 Å². The minimum atomic E-state index is -0.159. The number of likely N-dealkylation sites (tertiary alicyclic amines) is 1. The fourth-order valence-electron chi connectivity index (χ4n) is 3.49. The number of rotatable bonds is 4. The molecule has 2 saturated heterocycles. The van der Waals surface area contributed by atoms with Gasteiger partial charge in [-0.2, -0.15) is 0 Å². The highest BCUT2D eigenvalue weighted by Crippen LogP contribution is 2.31. The summed E-state index contributed by atoms with van der Waals surface area (Å²) in [6.07, 6.45) is 8.63. The van der Waals surface area contributed by atoms with Crippen LogP contribution in [0.2, 0.25) is 0 Å². The summed E-state index contributed by atoms with van der Waals surface area (Å²) < 4.78 is 12.0. The second-order valence-electron chi connectivity index (χ2n) is 6.23. The predicted molar refractivity (Wildman–Crippen MR) is 96.5 cm³/mol. The molecule has 4 rings (SSSR count). The van der Waals surface area contributed by atoms with Crippen molar-refractivity contribution in [3.8, 4) is 5.75 Å². The van der Waals surface area contributed by atoms with Crippen molar-refractivity contribution < 1.29 is 14.3 Å². The van der Waals surface area contributed by atoms with Crippen molar-refractivity contribution in [2.45, 2.75) is 31.1 Å². The lowest BCUT2D eigenvalue weighted by Crippen LogP contribution is -2.43. The summed E-state index contributed by atoms with van der Waals surface area (Å²) in [6, 6.07) is 7.78. The van der Waals surface area contributed by atoms with Crippen LogP contribution in [-0.2, 0) is 9.53 Å². The quantitative estimate of drug-likeness (QED) is 0.791. The van der Waals surface area contributed by atoms with Crippen LogP contribution in [0.5, 0.6) is 5.75 Å². The zero-order chi connectivity index (χ0) is 17.1. The number of nitrogens with zero attached hydrogens (tertiary/aromatic N) is 2. The third-order valence-electron chi connectivity index (χ3n) is 4.62. The number of carbonyl (C=O) groups excluding carboxylic acids is 1. The molecular weight excluding hydrogens is 336 g/mol. The van der Waals surface area contributed by atoms with E-state index in [9.17, 15) is 4.79 Å². The molecule has 0 bridgehead atoms. The van der Waals surface area contributed by atoms with Gasteiger partial charge in [-0.25, -0.2) is 0 Å². The Balaban J connectivity index is 1.49. The lowest BCUT2D eigenvalue weighted by Gasteiger charge is -2.31. The van der Waals surface area contributed by atoms with Crippen molar-refractivity contribution in [3.63, 3.8) is 0 Å². The molecule has 130 valence electrons. The minimum absolute atomic E-state index is 0.0196. The van der Waals surface area contributed by atoms with E-state index >= 15 is 0 Å². The van der Waals surface area contributed by atoms with Crippen LogP contribution in [-0.4, -0.2) is 47.2 Å². The van der Waals surface area contributed by atoms with Gasteiger partial charge < -0.3 is 14.4 Å². The van der Waals surface area contributed by atoms with E-state index in [0.29, 0.717) is 12.3 Å². The molecule has 1 amide bonds. The monoisotopic (exact) mass is 356 g/mol. The largest absolute Gasteiger partial charge is 0.484 e. The van der Waals surface area contributed by atoms with Gasteiger partial charge in [0.2, 0.25) is 5.91 Å². The number of ether oxygens (including phenoxy) is 2. The van der Waals surface area contributed by atoms with Crippen LogP contribution in [0.1, 0.15) is 17.7 Å². The van der Waals surface area contributed by atoms with E-state index in [4.69, 9.17) is 9.47 Å². The molecule has 0 radical (unpaired) electrons. The molecule has 2 fully saturated rings. The zero-order valence-electron chi connectivity index (χ0n) is 13.8. The molecular formula is C19H20N2O3S. The van der Waals surface area contributed by atoms with Gasteiger partial charge in [0.25, 0.3) is 0 Å². The van der Waals surface area contributed by atoms with E-state index in [-0.39, 0.29) is 24.2 Å². The van der Waals surface area contributed by atoms with Crippen LogP contribution in [0.4, 0.5) is 0 Å². The van der Waals surface area contributed by atoms with E-state index in [2.05, 4.69) is 4.98 Å². The number of pyridine rings is 1. The van der Waals surface area contributed by atoms with Crippen molar-refractivity contribution >= 4 is 23.3 Å². The second kappa shape index (κ2) is 7.37. The first kappa shape index (κ1) is 16.3. The molecule has 25 heavy (non-hydrogen) atoms. The molecule has 2 aliphatic heterocycles. The van der Waals surface area contributed by atoms with Crippen molar-refractivity contribution in [2.24, 2.45) is 0 Å². The molecule has 2 aliphatic rings. The highest BCUT2D eigenvalue weighted by Gasteiger charge is 2.46. The lowest BCUT2D eigenvalue weighted by atomic mass is 10.0. The number of hydrogen-bond acceptors (Lipinski definition) is 5. The molecule has 0 unspecified atom stereocenters. The van der Waals surface area contributed by atoms with Gasteiger partial charge in [-0.15, -0.1) is 11.3 Å². The fraction of sp³-hybridized carbons (Fsp3) is 0.368. The molecule has 0 saturated carbocycles. The van der Waals surface area contributed by atoms with Crippen LogP contribution >= 0.6 is 11.3 Å². The molecule has 6 heteroatoms. The van der Waals surface area contributed by atoms with Gasteiger partial charge in [0.1, 0.15) is 18.0 Å². The number of thiophene rings is 1. The Kier molecular flexibility index (Phi) is 4.81. The molecule has 0 aromatic carbocycles. The van der Waals surface area contributed by atoms with Crippen molar-refractivity contribution in [2.75, 3.05) is 13.2 Å². The van der Waals surface area contributed by atoms with Gasteiger partial charge in [-0.3, -0.25) is 9.78 Å². The Morgan fingerprint density at radius 1 is 1.40 bits per heavy atom. The maximum absolute atomic E-state index is 12.7. The highest BCUT2D eigenvalue weighted by molar-refractivity contribution is 7.10. The summed E-state index contributed by atoms with van der Waals surface area (Å²) in [4.78, 5) is 19.8. The molecule has 0 N–H and O–H groups in total. The number of aromatic nitrogens is 1. The summed E-state index contributed by atoms with van der Waals surface area (Å²) in [6.45, 7) is 1.26. The van der Waals surface area contributed by atoms with Gasteiger partial charge in [0, 0.05) is 23.8 Å². The first-order chi connectivity index (χ1) is 12.3. The Morgan fingerprint density at radius 3 is 3.16 bits per heavy atom. The average Bonchev–Trinajstić information content (AvgIpc) is 3.29. The smallest absolute Gasteiger partial charge is 0.247 e. The molecule has 2 aromatic heterocycles. The Bertz CT molecular complexity index is 732. The summed E-state index contributed by atoms with van der Waals surface area (Å²) >= 11 is 1.62. The van der Waals surface area contributed by atoms with Crippen molar-refractivity contribution in [3.05, 3.63) is 53.0 Å². The maximum Gasteiger partial charge on any atom is 0.247 e. The van der Waals surface area contributed by atoms with Gasteiger partial charge in [0.15, 0.2) is 0 Å². The molecule has 4 heterocycles. The lowest BCUT2D eigenvalue weighted by molar-refractivity contribution is -0.129. The Labute approximate surface area is 150 Å². The van der Waals surface area contributed by atoms with Crippen molar-refractivity contribution in [1.82, 2.24) is 9.88 Å².